The summed E-state index contributed by atoms with van der Waals surface area (Å²) in [6, 6.07) is 8.26. The molecule has 0 amide bonds. The van der Waals surface area contributed by atoms with Crippen molar-refractivity contribution in [2.24, 2.45) is 0 Å². The summed E-state index contributed by atoms with van der Waals surface area (Å²) in [6.45, 7) is 0. The van der Waals surface area contributed by atoms with Gasteiger partial charge in [-0.25, -0.2) is 4.98 Å². The highest BCUT2D eigenvalue weighted by Gasteiger charge is 2.40. The van der Waals surface area contributed by atoms with Crippen LogP contribution in [0.5, 0.6) is 0 Å². The molecule has 0 saturated heterocycles. The number of aromatic nitrogens is 4. The van der Waals surface area contributed by atoms with E-state index in [0.717, 1.165) is 36.9 Å². The van der Waals surface area contributed by atoms with Gasteiger partial charge in [0.05, 0.1) is 12.7 Å². The van der Waals surface area contributed by atoms with Crippen molar-refractivity contribution in [2.45, 2.75) is 37.7 Å². The Morgan fingerprint density at radius 3 is 2.67 bits per heavy atom. The Bertz CT molecular complexity index is 787. The average Bonchev–Trinajstić information content (AvgIpc) is 3.37. The summed E-state index contributed by atoms with van der Waals surface area (Å²) >= 11 is 0. The molecule has 0 N–H and O–H groups in total. The standard InChI is InChI=1S/C18H20N4O2/c1-23-18(8-2-3-9-18)17-20-16(24-21-17)12-14-4-6-15(7-5-14)22-11-10-19-13-22/h4-7,10-11,13H,2-3,8-9,12H2,1H3. The van der Waals surface area contributed by atoms with Crippen molar-refractivity contribution in [3.05, 3.63) is 60.3 Å². The summed E-state index contributed by atoms with van der Waals surface area (Å²) in [5, 5.41) is 4.17. The first-order valence-corrected chi connectivity index (χ1v) is 8.25. The molecule has 1 aliphatic carbocycles. The van der Waals surface area contributed by atoms with Gasteiger partial charge in [-0.2, -0.15) is 4.98 Å². The SMILES string of the molecule is COC1(c2noc(Cc3ccc(-n4ccnc4)cc3)n2)CCCC1. The minimum absolute atomic E-state index is 0.354. The van der Waals surface area contributed by atoms with Crippen molar-refractivity contribution in [1.82, 2.24) is 19.7 Å². The lowest BCUT2D eigenvalue weighted by atomic mass is 10.0. The van der Waals surface area contributed by atoms with Gasteiger partial charge >= 0.3 is 0 Å². The summed E-state index contributed by atoms with van der Waals surface area (Å²) in [7, 11) is 1.73. The van der Waals surface area contributed by atoms with Crippen LogP contribution in [0.3, 0.4) is 0 Å². The molecule has 0 spiro atoms. The molecule has 2 aromatic heterocycles. The van der Waals surface area contributed by atoms with E-state index >= 15 is 0 Å². The quantitative estimate of drug-likeness (QED) is 0.720. The maximum atomic E-state index is 5.71. The normalized spacial score (nSPS) is 16.5. The van der Waals surface area contributed by atoms with Crippen LogP contribution < -0.4 is 0 Å². The molecule has 24 heavy (non-hydrogen) atoms. The third-order valence-electron chi connectivity index (χ3n) is 4.77. The minimum Gasteiger partial charge on any atom is -0.370 e. The van der Waals surface area contributed by atoms with Gasteiger partial charge in [0.25, 0.3) is 0 Å². The van der Waals surface area contributed by atoms with Gasteiger partial charge in [0.15, 0.2) is 0 Å². The van der Waals surface area contributed by atoms with Gasteiger partial charge in [-0.3, -0.25) is 0 Å². The zero-order chi connectivity index (χ0) is 16.4. The largest absolute Gasteiger partial charge is 0.370 e. The fraction of sp³-hybridized carbons (Fsp3) is 0.389. The van der Waals surface area contributed by atoms with Gasteiger partial charge in [0.2, 0.25) is 11.7 Å². The Balaban J connectivity index is 1.50. The molecule has 1 fully saturated rings. The molecule has 0 radical (unpaired) electrons. The second-order valence-electron chi connectivity index (χ2n) is 6.23. The molecule has 1 aromatic carbocycles. The van der Waals surface area contributed by atoms with E-state index in [9.17, 15) is 0 Å². The van der Waals surface area contributed by atoms with Crippen LogP contribution in [0.2, 0.25) is 0 Å². The number of imidazole rings is 1. The molecule has 124 valence electrons. The Labute approximate surface area is 140 Å². The van der Waals surface area contributed by atoms with Crippen molar-refractivity contribution in [3.63, 3.8) is 0 Å². The summed E-state index contributed by atoms with van der Waals surface area (Å²) in [6.07, 6.45) is 10.3. The lowest BCUT2D eigenvalue weighted by Crippen LogP contribution is -2.26. The maximum Gasteiger partial charge on any atom is 0.231 e. The van der Waals surface area contributed by atoms with E-state index < -0.39 is 0 Å². The summed E-state index contributed by atoms with van der Waals surface area (Å²) in [5.41, 5.74) is 1.85. The Kier molecular flexibility index (Phi) is 3.90. The monoisotopic (exact) mass is 324 g/mol. The lowest BCUT2D eigenvalue weighted by Gasteiger charge is -2.22. The Morgan fingerprint density at radius 2 is 2.00 bits per heavy atom. The summed E-state index contributed by atoms with van der Waals surface area (Å²) in [5.74, 6) is 1.32. The van der Waals surface area contributed by atoms with Gasteiger partial charge < -0.3 is 13.8 Å². The van der Waals surface area contributed by atoms with Crippen molar-refractivity contribution in [2.75, 3.05) is 7.11 Å². The van der Waals surface area contributed by atoms with Crippen molar-refractivity contribution < 1.29 is 9.26 Å². The molecule has 0 aliphatic heterocycles. The molecule has 6 nitrogen and oxygen atoms in total. The van der Waals surface area contributed by atoms with Crippen LogP contribution in [-0.4, -0.2) is 26.8 Å². The predicted octanol–water partition coefficient (Wildman–Crippen LogP) is 3.26. The fourth-order valence-electron chi connectivity index (χ4n) is 3.35. The molecule has 1 aliphatic rings. The van der Waals surface area contributed by atoms with Crippen LogP contribution in [0.4, 0.5) is 0 Å². The molecule has 0 unspecified atom stereocenters. The molecule has 3 aromatic rings. The Morgan fingerprint density at radius 1 is 1.21 bits per heavy atom. The lowest BCUT2D eigenvalue weighted by molar-refractivity contribution is -0.0178. The fourth-order valence-corrected chi connectivity index (χ4v) is 3.35. The molecule has 0 atom stereocenters. The van der Waals surface area contributed by atoms with E-state index in [1.807, 2.05) is 10.8 Å². The van der Waals surface area contributed by atoms with Crippen molar-refractivity contribution >= 4 is 0 Å². The van der Waals surface area contributed by atoms with Gasteiger partial charge in [-0.1, -0.05) is 17.3 Å². The third-order valence-corrected chi connectivity index (χ3v) is 4.77. The number of hydrogen-bond donors (Lipinski definition) is 0. The number of rotatable bonds is 5. The zero-order valence-corrected chi connectivity index (χ0v) is 13.7. The average molecular weight is 324 g/mol. The second kappa shape index (κ2) is 6.20. The highest BCUT2D eigenvalue weighted by Crippen LogP contribution is 2.40. The van der Waals surface area contributed by atoms with Crippen molar-refractivity contribution in [3.8, 4) is 5.69 Å². The van der Waals surface area contributed by atoms with Gasteiger partial charge in [0.1, 0.15) is 5.60 Å². The topological polar surface area (TPSA) is 66.0 Å². The van der Waals surface area contributed by atoms with Crippen LogP contribution in [0.15, 0.2) is 47.5 Å². The van der Waals surface area contributed by atoms with Crippen molar-refractivity contribution in [1.29, 1.82) is 0 Å². The van der Waals surface area contributed by atoms with Gasteiger partial charge in [0, 0.05) is 25.2 Å². The number of ether oxygens (including phenoxy) is 1. The molecule has 2 heterocycles. The van der Waals surface area contributed by atoms with Gasteiger partial charge in [-0.05, 0) is 43.4 Å². The predicted molar refractivity (Wildman–Crippen MR) is 87.8 cm³/mol. The first-order chi connectivity index (χ1) is 11.8. The van der Waals surface area contributed by atoms with Crippen LogP contribution in [0, 0.1) is 0 Å². The second-order valence-corrected chi connectivity index (χ2v) is 6.23. The number of benzene rings is 1. The maximum absolute atomic E-state index is 5.71. The smallest absolute Gasteiger partial charge is 0.231 e. The first kappa shape index (κ1) is 15.1. The first-order valence-electron chi connectivity index (χ1n) is 8.25. The van der Waals surface area contributed by atoms with E-state index in [0.29, 0.717) is 18.1 Å². The molecule has 1 saturated carbocycles. The summed E-state index contributed by atoms with van der Waals surface area (Å²) < 4.78 is 13.1. The molecule has 4 rings (SSSR count). The number of methoxy groups -OCH3 is 1. The van der Waals surface area contributed by atoms with Crippen LogP contribution in [-0.2, 0) is 16.8 Å². The molecule has 6 heteroatoms. The minimum atomic E-state index is -0.354. The summed E-state index contributed by atoms with van der Waals surface area (Å²) in [4.78, 5) is 8.65. The van der Waals surface area contributed by atoms with E-state index in [-0.39, 0.29) is 5.60 Å². The van der Waals surface area contributed by atoms with Gasteiger partial charge in [-0.15, -0.1) is 0 Å². The van der Waals surface area contributed by atoms with Crippen LogP contribution >= 0.6 is 0 Å². The molecule has 0 bridgehead atoms. The Hall–Kier alpha value is -2.47. The van der Waals surface area contributed by atoms with E-state index in [1.165, 1.54) is 0 Å². The molecular formula is C18H20N4O2. The highest BCUT2D eigenvalue weighted by atomic mass is 16.5. The number of hydrogen-bond acceptors (Lipinski definition) is 5. The van der Waals surface area contributed by atoms with Crippen LogP contribution in [0.1, 0.15) is 43.0 Å². The van der Waals surface area contributed by atoms with E-state index in [4.69, 9.17) is 9.26 Å². The van der Waals surface area contributed by atoms with E-state index in [2.05, 4.69) is 39.4 Å². The molecular weight excluding hydrogens is 304 g/mol. The van der Waals surface area contributed by atoms with Crippen LogP contribution in [0.25, 0.3) is 5.69 Å². The number of nitrogens with zero attached hydrogens (tertiary/aromatic N) is 4. The van der Waals surface area contributed by atoms with E-state index in [1.54, 1.807) is 19.6 Å². The zero-order valence-electron chi connectivity index (χ0n) is 13.7. The highest BCUT2D eigenvalue weighted by molar-refractivity contribution is 5.35. The third kappa shape index (κ3) is 2.73.